The number of amides is 1. The summed E-state index contributed by atoms with van der Waals surface area (Å²) >= 11 is 14.1. The highest BCUT2D eigenvalue weighted by Crippen LogP contribution is 2.28. The van der Waals surface area contributed by atoms with Crippen molar-refractivity contribution in [2.24, 2.45) is 0 Å². The second kappa shape index (κ2) is 9.09. The molecule has 2 N–H and O–H groups in total. The molecule has 0 atom stereocenters. The first-order chi connectivity index (χ1) is 12.6. The highest BCUT2D eigenvalue weighted by atomic mass is 35.5. The average Bonchev–Trinajstić information content (AvgIpc) is 3.08. The maximum atomic E-state index is 12.2. The van der Waals surface area contributed by atoms with Gasteiger partial charge in [-0.15, -0.1) is 10.2 Å². The van der Waals surface area contributed by atoms with Crippen LogP contribution in [0.1, 0.15) is 15.9 Å². The van der Waals surface area contributed by atoms with Crippen LogP contribution >= 0.6 is 46.9 Å². The Kier molecular flexibility index (Phi) is 6.56. The lowest BCUT2D eigenvalue weighted by atomic mass is 10.2. The molecule has 3 aromatic rings. The molecule has 5 nitrogen and oxygen atoms in total. The van der Waals surface area contributed by atoms with Gasteiger partial charge in [0.15, 0.2) is 9.45 Å². The average molecular weight is 421 g/mol. The monoisotopic (exact) mass is 420 g/mol. The normalized spacial score (nSPS) is 10.3. The van der Waals surface area contributed by atoms with Crippen LogP contribution in [-0.2, 0) is 5.75 Å². The number of anilines is 1. The van der Waals surface area contributed by atoms with Gasteiger partial charge in [0.1, 0.15) is 0 Å². The van der Waals surface area contributed by atoms with Crippen molar-refractivity contribution in [2.45, 2.75) is 10.1 Å². The fraction of sp³-hybridized carbons (Fsp3) is 0.0588. The summed E-state index contributed by atoms with van der Waals surface area (Å²) in [7, 11) is 0. The van der Waals surface area contributed by atoms with E-state index in [-0.39, 0.29) is 11.0 Å². The van der Waals surface area contributed by atoms with E-state index in [9.17, 15) is 4.79 Å². The van der Waals surface area contributed by atoms with Gasteiger partial charge in [0.25, 0.3) is 5.91 Å². The second-order valence-corrected chi connectivity index (χ2v) is 8.05. The number of thioether (sulfide) groups is 1. The van der Waals surface area contributed by atoms with Gasteiger partial charge in [-0.2, -0.15) is 0 Å². The van der Waals surface area contributed by atoms with Crippen LogP contribution in [0.3, 0.4) is 0 Å². The number of halogens is 1. The van der Waals surface area contributed by atoms with Crippen LogP contribution < -0.4 is 10.6 Å². The van der Waals surface area contributed by atoms with Crippen LogP contribution in [0.5, 0.6) is 0 Å². The molecule has 0 spiro atoms. The predicted molar refractivity (Wildman–Crippen MR) is 111 cm³/mol. The lowest BCUT2D eigenvalue weighted by Crippen LogP contribution is -2.34. The van der Waals surface area contributed by atoms with Gasteiger partial charge >= 0.3 is 0 Å². The molecule has 132 valence electrons. The third kappa shape index (κ3) is 5.25. The number of hydrogen-bond donors (Lipinski definition) is 2. The number of thiocarbonyl (C=S) groups is 1. The Bertz CT molecular complexity index is 917. The number of rotatable bonds is 5. The Labute approximate surface area is 169 Å². The van der Waals surface area contributed by atoms with Gasteiger partial charge < -0.3 is 5.32 Å². The summed E-state index contributed by atoms with van der Waals surface area (Å²) < 4.78 is 0.816. The molecule has 1 heterocycles. The van der Waals surface area contributed by atoms with E-state index in [0.29, 0.717) is 15.7 Å². The molecule has 0 saturated carbocycles. The van der Waals surface area contributed by atoms with Crippen LogP contribution in [0.25, 0.3) is 0 Å². The summed E-state index contributed by atoms with van der Waals surface area (Å²) in [5.41, 5.74) is 1.57. The van der Waals surface area contributed by atoms with Gasteiger partial charge in [-0.25, -0.2) is 0 Å². The van der Waals surface area contributed by atoms with E-state index in [4.69, 9.17) is 23.8 Å². The molecule has 3 rings (SSSR count). The van der Waals surface area contributed by atoms with E-state index >= 15 is 0 Å². The predicted octanol–water partition coefficient (Wildman–Crippen LogP) is 4.61. The molecule has 1 aromatic heterocycles. The molecule has 2 aromatic carbocycles. The molecule has 26 heavy (non-hydrogen) atoms. The van der Waals surface area contributed by atoms with E-state index < -0.39 is 0 Å². The van der Waals surface area contributed by atoms with Gasteiger partial charge in [0, 0.05) is 5.75 Å². The number of hydrogen-bond acceptors (Lipinski definition) is 6. The standard InChI is InChI=1S/C17H13ClN4OS3/c18-13-9-5-4-8-12(13)14(23)19-15(24)20-16-21-22-17(26-16)25-10-11-6-2-1-3-7-11/h1-9H,10H2,(H2,19,20,21,23,24). The van der Waals surface area contributed by atoms with E-state index in [1.54, 1.807) is 36.0 Å². The Morgan fingerprint density at radius 1 is 1.12 bits per heavy atom. The van der Waals surface area contributed by atoms with E-state index in [0.717, 1.165) is 10.1 Å². The summed E-state index contributed by atoms with van der Waals surface area (Å²) in [6.45, 7) is 0. The molecule has 0 aliphatic carbocycles. The van der Waals surface area contributed by atoms with Crippen molar-refractivity contribution in [3.05, 3.63) is 70.7 Å². The topological polar surface area (TPSA) is 66.9 Å². The van der Waals surface area contributed by atoms with Gasteiger partial charge in [-0.05, 0) is 29.9 Å². The number of carbonyl (C=O) groups excluding carboxylic acids is 1. The Balaban J connectivity index is 1.53. The summed E-state index contributed by atoms with van der Waals surface area (Å²) in [5, 5.41) is 14.6. The number of aromatic nitrogens is 2. The van der Waals surface area contributed by atoms with Crippen molar-refractivity contribution in [1.82, 2.24) is 15.5 Å². The fourth-order valence-corrected chi connectivity index (χ4v) is 4.17. The Morgan fingerprint density at radius 3 is 2.62 bits per heavy atom. The first-order valence-corrected chi connectivity index (χ1v) is 10.1. The molecule has 9 heteroatoms. The van der Waals surface area contributed by atoms with Crippen molar-refractivity contribution in [3.63, 3.8) is 0 Å². The third-order valence-electron chi connectivity index (χ3n) is 3.18. The van der Waals surface area contributed by atoms with E-state index in [2.05, 4.69) is 33.0 Å². The third-order valence-corrected chi connectivity index (χ3v) is 5.75. The molecule has 0 fully saturated rings. The minimum atomic E-state index is -0.378. The fourth-order valence-electron chi connectivity index (χ4n) is 1.98. The molecule has 0 aliphatic rings. The van der Waals surface area contributed by atoms with Crippen molar-refractivity contribution in [3.8, 4) is 0 Å². The summed E-state index contributed by atoms with van der Waals surface area (Å²) in [4.78, 5) is 12.2. The lowest BCUT2D eigenvalue weighted by Gasteiger charge is -2.07. The van der Waals surface area contributed by atoms with Crippen LogP contribution in [0.2, 0.25) is 5.02 Å². The molecule has 1 amide bonds. The highest BCUT2D eigenvalue weighted by molar-refractivity contribution is 8.00. The summed E-state index contributed by atoms with van der Waals surface area (Å²) in [6, 6.07) is 16.9. The number of nitrogens with zero attached hydrogens (tertiary/aromatic N) is 2. The summed E-state index contributed by atoms with van der Waals surface area (Å²) in [6.07, 6.45) is 0. The molecular formula is C17H13ClN4OS3. The smallest absolute Gasteiger partial charge is 0.258 e. The Hall–Kier alpha value is -2.00. The first kappa shape index (κ1) is 18.8. The van der Waals surface area contributed by atoms with Crippen molar-refractivity contribution in [1.29, 1.82) is 0 Å². The Morgan fingerprint density at radius 2 is 1.85 bits per heavy atom. The highest BCUT2D eigenvalue weighted by Gasteiger charge is 2.12. The van der Waals surface area contributed by atoms with Gasteiger partial charge in [0.2, 0.25) is 5.13 Å². The zero-order chi connectivity index (χ0) is 18.4. The quantitative estimate of drug-likeness (QED) is 0.464. The first-order valence-electron chi connectivity index (χ1n) is 7.49. The maximum absolute atomic E-state index is 12.2. The van der Waals surface area contributed by atoms with Crippen molar-refractivity contribution >= 4 is 63.1 Å². The van der Waals surface area contributed by atoms with E-state index in [1.807, 2.05) is 18.2 Å². The molecule has 0 unspecified atom stereocenters. The molecular weight excluding hydrogens is 408 g/mol. The zero-order valence-corrected chi connectivity index (χ0v) is 16.5. The van der Waals surface area contributed by atoms with Crippen molar-refractivity contribution < 1.29 is 4.79 Å². The number of nitrogens with one attached hydrogen (secondary N) is 2. The summed E-state index contributed by atoms with van der Waals surface area (Å²) in [5.74, 6) is 0.430. The number of carbonyl (C=O) groups is 1. The minimum absolute atomic E-state index is 0.144. The SMILES string of the molecule is O=C(NC(=S)Nc1nnc(SCc2ccccc2)s1)c1ccccc1Cl. The second-order valence-electron chi connectivity index (χ2n) is 5.04. The lowest BCUT2D eigenvalue weighted by molar-refractivity contribution is 0.0978. The van der Waals surface area contributed by atoms with Gasteiger partial charge in [-0.1, -0.05) is 77.2 Å². The van der Waals surface area contributed by atoms with E-state index in [1.165, 1.54) is 16.9 Å². The van der Waals surface area contributed by atoms with Crippen LogP contribution in [0, 0.1) is 0 Å². The van der Waals surface area contributed by atoms with Gasteiger partial charge in [0.05, 0.1) is 10.6 Å². The number of benzene rings is 2. The zero-order valence-electron chi connectivity index (χ0n) is 13.3. The molecule has 0 saturated heterocycles. The van der Waals surface area contributed by atoms with Crippen LogP contribution in [0.4, 0.5) is 5.13 Å². The minimum Gasteiger partial charge on any atom is -0.307 e. The maximum Gasteiger partial charge on any atom is 0.258 e. The largest absolute Gasteiger partial charge is 0.307 e. The van der Waals surface area contributed by atoms with Crippen molar-refractivity contribution in [2.75, 3.05) is 5.32 Å². The molecule has 0 aliphatic heterocycles. The van der Waals surface area contributed by atoms with Gasteiger partial charge in [-0.3, -0.25) is 10.1 Å². The van der Waals surface area contributed by atoms with Crippen LogP contribution in [0.15, 0.2) is 58.9 Å². The van der Waals surface area contributed by atoms with Crippen LogP contribution in [-0.4, -0.2) is 21.2 Å². The molecule has 0 radical (unpaired) electrons. The molecule has 0 bridgehead atoms.